The molecule has 1 aromatic carbocycles. The minimum Gasteiger partial charge on any atom is -0.341 e. The van der Waals surface area contributed by atoms with Gasteiger partial charge in [-0.2, -0.15) is 0 Å². The largest absolute Gasteiger partial charge is 0.341 e. The van der Waals surface area contributed by atoms with Gasteiger partial charge in [0.2, 0.25) is 5.91 Å². The lowest BCUT2D eigenvalue weighted by Crippen LogP contribution is -2.53. The second-order valence-corrected chi connectivity index (χ2v) is 5.98. The molecule has 1 aromatic rings. The Bertz CT molecular complexity index is 433. The molecule has 0 heterocycles. The van der Waals surface area contributed by atoms with Crippen molar-refractivity contribution in [1.29, 1.82) is 0 Å². The lowest BCUT2D eigenvalue weighted by molar-refractivity contribution is -0.138. The first-order valence-corrected chi connectivity index (χ1v) is 7.08. The highest BCUT2D eigenvalue weighted by molar-refractivity contribution is 5.85. The Balaban J connectivity index is 0.00000200. The summed E-state index contributed by atoms with van der Waals surface area (Å²) < 4.78 is 0. The number of rotatable bonds is 3. The quantitative estimate of drug-likeness (QED) is 0.932. The van der Waals surface area contributed by atoms with E-state index in [0.29, 0.717) is 6.54 Å². The summed E-state index contributed by atoms with van der Waals surface area (Å²) in [5.41, 5.74) is 7.12. The van der Waals surface area contributed by atoms with E-state index in [1.165, 1.54) is 0 Å². The van der Waals surface area contributed by atoms with Gasteiger partial charge in [-0.25, -0.2) is 0 Å². The Labute approximate surface area is 127 Å². The molecule has 1 amide bonds. The van der Waals surface area contributed by atoms with Crippen molar-refractivity contribution in [1.82, 2.24) is 4.90 Å². The Kier molecular flexibility index (Phi) is 6.03. The first-order valence-electron chi connectivity index (χ1n) is 7.08. The van der Waals surface area contributed by atoms with Crippen LogP contribution in [0.3, 0.4) is 0 Å². The van der Waals surface area contributed by atoms with E-state index in [4.69, 9.17) is 5.73 Å². The molecule has 2 atom stereocenters. The van der Waals surface area contributed by atoms with Crippen molar-refractivity contribution in [2.24, 2.45) is 11.7 Å². The summed E-state index contributed by atoms with van der Waals surface area (Å²) in [4.78, 5) is 14.4. The fourth-order valence-corrected chi connectivity index (χ4v) is 2.97. The number of hydrogen-bond donors (Lipinski definition) is 1. The van der Waals surface area contributed by atoms with Gasteiger partial charge >= 0.3 is 0 Å². The number of carbonyl (C=O) groups excluding carboxylic acids is 1. The van der Waals surface area contributed by atoms with E-state index in [1.54, 1.807) is 0 Å². The van der Waals surface area contributed by atoms with E-state index in [-0.39, 0.29) is 29.8 Å². The topological polar surface area (TPSA) is 46.3 Å². The minimum absolute atomic E-state index is 0. The summed E-state index contributed by atoms with van der Waals surface area (Å²) in [6.45, 7) is 2.68. The van der Waals surface area contributed by atoms with Crippen LogP contribution in [0.25, 0.3) is 0 Å². The third kappa shape index (κ3) is 3.97. The molecular formula is C16H25ClN2O. The first kappa shape index (κ1) is 17.0. The average Bonchev–Trinajstić information content (AvgIpc) is 2.38. The molecule has 20 heavy (non-hydrogen) atoms. The molecule has 3 nitrogen and oxygen atoms in total. The van der Waals surface area contributed by atoms with Crippen molar-refractivity contribution in [3.63, 3.8) is 0 Å². The third-order valence-corrected chi connectivity index (χ3v) is 4.19. The summed E-state index contributed by atoms with van der Waals surface area (Å²) in [5.74, 6) is 0.156. The van der Waals surface area contributed by atoms with Crippen LogP contribution in [-0.2, 0) is 11.3 Å². The van der Waals surface area contributed by atoms with Crippen LogP contribution >= 0.6 is 12.4 Å². The zero-order chi connectivity index (χ0) is 13.9. The zero-order valence-corrected chi connectivity index (χ0v) is 13.2. The SMILES string of the molecule is CN(Cc1ccccc1)C(=O)C1CCCCC1(C)N.Cl. The summed E-state index contributed by atoms with van der Waals surface area (Å²) in [5, 5.41) is 0. The van der Waals surface area contributed by atoms with Gasteiger partial charge in [0.25, 0.3) is 0 Å². The van der Waals surface area contributed by atoms with Gasteiger partial charge in [-0.3, -0.25) is 4.79 Å². The van der Waals surface area contributed by atoms with E-state index >= 15 is 0 Å². The Morgan fingerprint density at radius 2 is 2.00 bits per heavy atom. The van der Waals surface area contributed by atoms with Crippen molar-refractivity contribution in [2.45, 2.75) is 44.7 Å². The Morgan fingerprint density at radius 1 is 1.35 bits per heavy atom. The van der Waals surface area contributed by atoms with Crippen molar-refractivity contribution in [2.75, 3.05) is 7.05 Å². The molecule has 1 aliphatic rings. The normalized spacial score (nSPS) is 25.6. The highest BCUT2D eigenvalue weighted by atomic mass is 35.5. The molecule has 1 fully saturated rings. The third-order valence-electron chi connectivity index (χ3n) is 4.19. The molecule has 2 unspecified atom stereocenters. The molecule has 0 spiro atoms. The number of nitrogens with two attached hydrogens (primary N) is 1. The van der Waals surface area contributed by atoms with E-state index in [2.05, 4.69) is 0 Å². The molecule has 1 aliphatic carbocycles. The van der Waals surface area contributed by atoms with Gasteiger partial charge in [0.05, 0.1) is 5.92 Å². The van der Waals surface area contributed by atoms with Gasteiger partial charge in [0, 0.05) is 19.1 Å². The predicted octanol–water partition coefficient (Wildman–Crippen LogP) is 2.97. The molecule has 4 heteroatoms. The maximum absolute atomic E-state index is 12.6. The number of benzene rings is 1. The fraction of sp³-hybridized carbons (Fsp3) is 0.562. The van der Waals surface area contributed by atoms with Crippen LogP contribution in [0.15, 0.2) is 30.3 Å². The van der Waals surface area contributed by atoms with Crippen LogP contribution in [0.5, 0.6) is 0 Å². The maximum Gasteiger partial charge on any atom is 0.227 e. The molecule has 2 rings (SSSR count). The van der Waals surface area contributed by atoms with E-state index in [0.717, 1.165) is 31.2 Å². The molecule has 0 aliphatic heterocycles. The highest BCUT2D eigenvalue weighted by Gasteiger charge is 2.38. The van der Waals surface area contributed by atoms with Crippen LogP contribution in [0, 0.1) is 5.92 Å². The van der Waals surface area contributed by atoms with Crippen LogP contribution in [-0.4, -0.2) is 23.4 Å². The number of carbonyl (C=O) groups is 1. The summed E-state index contributed by atoms with van der Waals surface area (Å²) in [7, 11) is 1.88. The van der Waals surface area contributed by atoms with Crippen molar-refractivity contribution in [3.05, 3.63) is 35.9 Å². The molecule has 0 radical (unpaired) electrons. The average molecular weight is 297 g/mol. The molecule has 0 aromatic heterocycles. The van der Waals surface area contributed by atoms with E-state index < -0.39 is 0 Å². The van der Waals surface area contributed by atoms with Crippen LogP contribution in [0.1, 0.15) is 38.2 Å². The van der Waals surface area contributed by atoms with Crippen molar-refractivity contribution < 1.29 is 4.79 Å². The Hall–Kier alpha value is -1.06. The van der Waals surface area contributed by atoms with Crippen LogP contribution in [0.2, 0.25) is 0 Å². The van der Waals surface area contributed by atoms with Crippen LogP contribution in [0.4, 0.5) is 0 Å². The zero-order valence-electron chi connectivity index (χ0n) is 12.3. The highest BCUT2D eigenvalue weighted by Crippen LogP contribution is 2.32. The fourth-order valence-electron chi connectivity index (χ4n) is 2.97. The standard InChI is InChI=1S/C16H24N2O.ClH/c1-16(17)11-7-6-10-14(16)15(19)18(2)12-13-8-4-3-5-9-13;/h3-5,8-9,14H,6-7,10-12,17H2,1-2H3;1H. The summed E-state index contributed by atoms with van der Waals surface area (Å²) in [6.07, 6.45) is 4.12. The smallest absolute Gasteiger partial charge is 0.227 e. The second-order valence-electron chi connectivity index (χ2n) is 5.98. The predicted molar refractivity (Wildman–Crippen MR) is 84.7 cm³/mol. The lowest BCUT2D eigenvalue weighted by atomic mass is 9.74. The number of nitrogens with zero attached hydrogens (tertiary/aromatic N) is 1. The van der Waals surface area contributed by atoms with Crippen LogP contribution < -0.4 is 5.73 Å². The second kappa shape index (κ2) is 7.09. The van der Waals surface area contributed by atoms with E-state index in [9.17, 15) is 4.79 Å². The van der Waals surface area contributed by atoms with Gasteiger partial charge in [0.1, 0.15) is 0 Å². The van der Waals surface area contributed by atoms with E-state index in [1.807, 2.05) is 49.2 Å². The van der Waals surface area contributed by atoms with Gasteiger partial charge in [-0.1, -0.05) is 43.2 Å². The molecule has 0 saturated heterocycles. The maximum atomic E-state index is 12.6. The molecular weight excluding hydrogens is 272 g/mol. The minimum atomic E-state index is -0.347. The van der Waals surface area contributed by atoms with Crippen molar-refractivity contribution >= 4 is 18.3 Å². The summed E-state index contributed by atoms with van der Waals surface area (Å²) >= 11 is 0. The number of halogens is 1. The molecule has 1 saturated carbocycles. The molecule has 2 N–H and O–H groups in total. The molecule has 112 valence electrons. The number of amides is 1. The Morgan fingerprint density at radius 3 is 2.60 bits per heavy atom. The van der Waals surface area contributed by atoms with Gasteiger partial charge < -0.3 is 10.6 Å². The lowest BCUT2D eigenvalue weighted by Gasteiger charge is -2.39. The monoisotopic (exact) mass is 296 g/mol. The number of hydrogen-bond acceptors (Lipinski definition) is 2. The van der Waals surface area contributed by atoms with Gasteiger partial charge in [-0.15, -0.1) is 12.4 Å². The van der Waals surface area contributed by atoms with Gasteiger partial charge in [-0.05, 0) is 25.3 Å². The van der Waals surface area contributed by atoms with Crippen molar-refractivity contribution in [3.8, 4) is 0 Å². The summed E-state index contributed by atoms with van der Waals surface area (Å²) in [6, 6.07) is 10.1. The molecule has 0 bridgehead atoms. The first-order chi connectivity index (χ1) is 9.00. The van der Waals surface area contributed by atoms with Gasteiger partial charge in [0.15, 0.2) is 0 Å².